The van der Waals surface area contributed by atoms with Crippen molar-refractivity contribution < 1.29 is 9.59 Å². The van der Waals surface area contributed by atoms with Crippen LogP contribution >= 0.6 is 23.4 Å². The van der Waals surface area contributed by atoms with Crippen LogP contribution < -0.4 is 5.32 Å². The number of hydrogen-bond donors (Lipinski definition) is 1. The van der Waals surface area contributed by atoms with Crippen LogP contribution in [0.15, 0.2) is 53.4 Å². The quantitative estimate of drug-likeness (QED) is 0.493. The van der Waals surface area contributed by atoms with E-state index < -0.39 is 6.04 Å². The zero-order valence-electron chi connectivity index (χ0n) is 18.2. The normalized spacial score (nSPS) is 12.8. The maximum absolute atomic E-state index is 13.1. The van der Waals surface area contributed by atoms with E-state index in [4.69, 9.17) is 11.6 Å². The highest BCUT2D eigenvalue weighted by molar-refractivity contribution is 7.99. The van der Waals surface area contributed by atoms with E-state index in [2.05, 4.69) is 36.5 Å². The SMILES string of the molecule is CC[C@@H](C)NC(=O)[C@H](C)N(Cc1ccc(Cl)cc1)C(=O)CCSc1ccc(C)cc1. The van der Waals surface area contributed by atoms with Crippen LogP contribution in [0.3, 0.4) is 0 Å². The van der Waals surface area contributed by atoms with Crippen LogP contribution in [0.4, 0.5) is 0 Å². The highest BCUT2D eigenvalue weighted by Gasteiger charge is 2.26. The lowest BCUT2D eigenvalue weighted by Gasteiger charge is -2.29. The van der Waals surface area contributed by atoms with Crippen molar-refractivity contribution in [1.82, 2.24) is 10.2 Å². The van der Waals surface area contributed by atoms with Crippen LogP contribution in [-0.2, 0) is 16.1 Å². The highest BCUT2D eigenvalue weighted by atomic mass is 35.5. The van der Waals surface area contributed by atoms with Crippen molar-refractivity contribution in [2.75, 3.05) is 5.75 Å². The van der Waals surface area contributed by atoms with Gasteiger partial charge in [-0.25, -0.2) is 0 Å². The van der Waals surface area contributed by atoms with Crippen molar-refractivity contribution in [3.63, 3.8) is 0 Å². The molecule has 2 aromatic rings. The molecule has 4 nitrogen and oxygen atoms in total. The van der Waals surface area contributed by atoms with Crippen molar-refractivity contribution >= 4 is 35.2 Å². The summed E-state index contributed by atoms with van der Waals surface area (Å²) in [6.45, 7) is 8.21. The minimum absolute atomic E-state index is 0.0311. The number of carbonyl (C=O) groups is 2. The van der Waals surface area contributed by atoms with E-state index in [1.54, 1.807) is 35.7 Å². The van der Waals surface area contributed by atoms with Crippen LogP contribution in [0.5, 0.6) is 0 Å². The summed E-state index contributed by atoms with van der Waals surface area (Å²) >= 11 is 7.64. The lowest BCUT2D eigenvalue weighted by atomic mass is 10.1. The Hall–Kier alpha value is -1.98. The number of carbonyl (C=O) groups excluding carboxylic acids is 2. The summed E-state index contributed by atoms with van der Waals surface area (Å²) < 4.78 is 0. The van der Waals surface area contributed by atoms with E-state index in [1.807, 2.05) is 26.0 Å². The average molecular weight is 447 g/mol. The summed E-state index contributed by atoms with van der Waals surface area (Å²) in [4.78, 5) is 28.6. The van der Waals surface area contributed by atoms with E-state index in [1.165, 1.54) is 5.56 Å². The number of halogens is 1. The number of hydrogen-bond acceptors (Lipinski definition) is 3. The van der Waals surface area contributed by atoms with Gasteiger partial charge < -0.3 is 10.2 Å². The Labute approximate surface area is 189 Å². The molecule has 0 heterocycles. The second kappa shape index (κ2) is 12.0. The standard InChI is InChI=1S/C24H31ClN2O2S/c1-5-18(3)26-24(29)19(4)27(16-20-8-10-21(25)11-9-20)23(28)14-15-30-22-12-6-17(2)7-13-22/h6-13,18-19H,5,14-16H2,1-4H3,(H,26,29)/t18-,19+/m1/s1. The topological polar surface area (TPSA) is 49.4 Å². The minimum atomic E-state index is -0.549. The third-order valence-electron chi connectivity index (χ3n) is 5.04. The van der Waals surface area contributed by atoms with E-state index in [9.17, 15) is 9.59 Å². The molecule has 0 bridgehead atoms. The van der Waals surface area contributed by atoms with Crippen LogP contribution in [0.1, 0.15) is 44.7 Å². The monoisotopic (exact) mass is 446 g/mol. The molecule has 0 aliphatic heterocycles. The summed E-state index contributed by atoms with van der Waals surface area (Å²) in [5.41, 5.74) is 2.16. The molecule has 162 valence electrons. The predicted molar refractivity (Wildman–Crippen MR) is 126 cm³/mol. The molecule has 1 N–H and O–H groups in total. The van der Waals surface area contributed by atoms with Gasteiger partial charge in [0.05, 0.1) is 0 Å². The third kappa shape index (κ3) is 7.69. The van der Waals surface area contributed by atoms with E-state index in [0.29, 0.717) is 23.7 Å². The van der Waals surface area contributed by atoms with Crippen molar-refractivity contribution in [3.8, 4) is 0 Å². The molecule has 0 fully saturated rings. The van der Waals surface area contributed by atoms with E-state index >= 15 is 0 Å². The maximum Gasteiger partial charge on any atom is 0.242 e. The first-order valence-corrected chi connectivity index (χ1v) is 11.7. The first-order valence-electron chi connectivity index (χ1n) is 10.3. The second-order valence-electron chi connectivity index (χ2n) is 7.55. The van der Waals surface area contributed by atoms with Crippen molar-refractivity contribution in [3.05, 3.63) is 64.7 Å². The predicted octanol–water partition coefficient (Wildman–Crippen LogP) is 5.46. The molecule has 0 aliphatic rings. The molecule has 2 atom stereocenters. The molecule has 0 saturated heterocycles. The van der Waals surface area contributed by atoms with Gasteiger partial charge in [-0.15, -0.1) is 11.8 Å². The fourth-order valence-electron chi connectivity index (χ4n) is 2.87. The number of rotatable bonds is 10. The van der Waals surface area contributed by atoms with Crippen molar-refractivity contribution in [1.29, 1.82) is 0 Å². The van der Waals surface area contributed by atoms with Gasteiger partial charge in [-0.3, -0.25) is 9.59 Å². The van der Waals surface area contributed by atoms with Gasteiger partial charge >= 0.3 is 0 Å². The summed E-state index contributed by atoms with van der Waals surface area (Å²) in [6.07, 6.45) is 1.21. The summed E-state index contributed by atoms with van der Waals surface area (Å²) in [7, 11) is 0. The first kappa shape index (κ1) is 24.3. The Morgan fingerprint density at radius 3 is 2.30 bits per heavy atom. The molecule has 0 aromatic heterocycles. The molecule has 30 heavy (non-hydrogen) atoms. The number of thioether (sulfide) groups is 1. The molecule has 2 rings (SSSR count). The van der Waals surface area contributed by atoms with Crippen LogP contribution in [0, 0.1) is 6.92 Å². The summed E-state index contributed by atoms with van der Waals surface area (Å²) in [6, 6.07) is 15.2. The van der Waals surface area contributed by atoms with Crippen molar-refractivity contribution in [2.45, 2.75) is 64.1 Å². The van der Waals surface area contributed by atoms with Gasteiger partial charge in [-0.1, -0.05) is 48.4 Å². The number of aryl methyl sites for hydroxylation is 1. The highest BCUT2D eigenvalue weighted by Crippen LogP contribution is 2.21. The smallest absolute Gasteiger partial charge is 0.242 e. The lowest BCUT2D eigenvalue weighted by molar-refractivity contribution is -0.140. The number of nitrogens with one attached hydrogen (secondary N) is 1. The Bertz CT molecular complexity index is 824. The number of amides is 2. The third-order valence-corrected chi connectivity index (χ3v) is 6.31. The Morgan fingerprint density at radius 2 is 1.70 bits per heavy atom. The zero-order valence-corrected chi connectivity index (χ0v) is 19.7. The molecule has 2 aromatic carbocycles. The number of benzene rings is 2. The second-order valence-corrected chi connectivity index (χ2v) is 9.16. The Balaban J connectivity index is 2.06. The van der Waals surface area contributed by atoms with Crippen molar-refractivity contribution in [2.24, 2.45) is 0 Å². The van der Waals surface area contributed by atoms with Gasteiger partial charge in [-0.05, 0) is 57.0 Å². The van der Waals surface area contributed by atoms with Crippen LogP contribution in [0.2, 0.25) is 5.02 Å². The largest absolute Gasteiger partial charge is 0.352 e. The van der Waals surface area contributed by atoms with Gasteiger partial charge in [0.1, 0.15) is 6.04 Å². The molecular weight excluding hydrogens is 416 g/mol. The molecule has 2 amide bonds. The van der Waals surface area contributed by atoms with Gasteiger partial charge in [0.2, 0.25) is 11.8 Å². The average Bonchev–Trinajstić information content (AvgIpc) is 2.74. The maximum atomic E-state index is 13.1. The summed E-state index contributed by atoms with van der Waals surface area (Å²) in [5.74, 6) is 0.507. The molecule has 0 spiro atoms. The fourth-order valence-corrected chi connectivity index (χ4v) is 3.84. The van der Waals surface area contributed by atoms with Crippen LogP contribution in [0.25, 0.3) is 0 Å². The molecular formula is C24H31ClN2O2S. The zero-order chi connectivity index (χ0) is 22.1. The van der Waals surface area contributed by atoms with Crippen LogP contribution in [-0.4, -0.2) is 34.6 Å². The fraction of sp³-hybridized carbons (Fsp3) is 0.417. The van der Waals surface area contributed by atoms with Gasteiger partial charge in [0.25, 0.3) is 0 Å². The summed E-state index contributed by atoms with van der Waals surface area (Å²) in [5, 5.41) is 3.63. The first-order chi connectivity index (χ1) is 14.3. The van der Waals surface area contributed by atoms with Gasteiger partial charge in [0, 0.05) is 34.7 Å². The van der Waals surface area contributed by atoms with E-state index in [0.717, 1.165) is 16.9 Å². The molecule has 0 aliphatic carbocycles. The molecule has 6 heteroatoms. The molecule has 0 saturated carbocycles. The van der Waals surface area contributed by atoms with Gasteiger partial charge in [-0.2, -0.15) is 0 Å². The lowest BCUT2D eigenvalue weighted by Crippen LogP contribution is -2.49. The van der Waals surface area contributed by atoms with E-state index in [-0.39, 0.29) is 17.9 Å². The molecule has 0 radical (unpaired) electrons. The van der Waals surface area contributed by atoms with Gasteiger partial charge in [0.15, 0.2) is 0 Å². The Morgan fingerprint density at radius 1 is 1.07 bits per heavy atom. The Kier molecular flexibility index (Phi) is 9.73. The number of nitrogens with zero attached hydrogens (tertiary/aromatic N) is 1. The minimum Gasteiger partial charge on any atom is -0.352 e. The molecule has 0 unspecified atom stereocenters.